The number of hydrogen-bond donors (Lipinski definition) is 3. The van der Waals surface area contributed by atoms with E-state index in [2.05, 4.69) is 20.3 Å². The molecular weight excluding hydrogens is 316 g/mol. The molecule has 0 aliphatic heterocycles. The SMILES string of the molecule is O=C(NCc1cccnc1)c1nc(-c2cccs2)nc(O)c1O. The van der Waals surface area contributed by atoms with Crippen LogP contribution in [0, 0.1) is 0 Å². The quantitative estimate of drug-likeness (QED) is 0.675. The van der Waals surface area contributed by atoms with E-state index in [1.54, 1.807) is 30.6 Å². The molecule has 0 spiro atoms. The van der Waals surface area contributed by atoms with Crippen LogP contribution in [0.5, 0.6) is 11.6 Å². The van der Waals surface area contributed by atoms with E-state index in [9.17, 15) is 15.0 Å². The highest BCUT2D eigenvalue weighted by Gasteiger charge is 2.20. The van der Waals surface area contributed by atoms with E-state index in [4.69, 9.17) is 0 Å². The second kappa shape index (κ2) is 6.41. The normalized spacial score (nSPS) is 10.4. The van der Waals surface area contributed by atoms with E-state index in [-0.39, 0.29) is 18.1 Å². The summed E-state index contributed by atoms with van der Waals surface area (Å²) in [4.78, 5) is 24.7. The third-order valence-electron chi connectivity index (χ3n) is 3.00. The van der Waals surface area contributed by atoms with Crippen LogP contribution in [-0.2, 0) is 6.54 Å². The second-order valence-corrected chi connectivity index (χ2v) is 5.54. The number of nitrogens with one attached hydrogen (secondary N) is 1. The molecule has 0 unspecified atom stereocenters. The van der Waals surface area contributed by atoms with Crippen LogP contribution in [0.3, 0.4) is 0 Å². The fourth-order valence-corrected chi connectivity index (χ4v) is 2.54. The highest BCUT2D eigenvalue weighted by atomic mass is 32.1. The smallest absolute Gasteiger partial charge is 0.274 e. The zero-order valence-corrected chi connectivity index (χ0v) is 12.6. The zero-order valence-electron chi connectivity index (χ0n) is 11.8. The van der Waals surface area contributed by atoms with Crippen molar-refractivity contribution in [1.82, 2.24) is 20.3 Å². The van der Waals surface area contributed by atoms with Crippen molar-refractivity contribution in [3.8, 4) is 22.3 Å². The molecule has 0 atom stereocenters. The maximum Gasteiger partial charge on any atom is 0.274 e. The molecule has 3 heterocycles. The molecule has 0 aliphatic rings. The van der Waals surface area contributed by atoms with Crippen molar-refractivity contribution in [3.05, 3.63) is 53.3 Å². The summed E-state index contributed by atoms with van der Waals surface area (Å²) in [6.07, 6.45) is 3.25. The maximum absolute atomic E-state index is 12.2. The molecule has 0 fully saturated rings. The van der Waals surface area contributed by atoms with Crippen LogP contribution >= 0.6 is 11.3 Å². The Labute approximate surface area is 135 Å². The van der Waals surface area contributed by atoms with Crippen molar-refractivity contribution in [2.24, 2.45) is 0 Å². The molecule has 0 radical (unpaired) electrons. The van der Waals surface area contributed by atoms with Gasteiger partial charge in [0.1, 0.15) is 0 Å². The minimum atomic E-state index is -0.644. The highest BCUT2D eigenvalue weighted by Crippen LogP contribution is 2.30. The van der Waals surface area contributed by atoms with Crippen LogP contribution in [0.2, 0.25) is 0 Å². The van der Waals surface area contributed by atoms with Gasteiger partial charge in [-0.3, -0.25) is 9.78 Å². The number of rotatable bonds is 4. The Morgan fingerprint density at radius 2 is 2.09 bits per heavy atom. The minimum Gasteiger partial charge on any atom is -0.501 e. The van der Waals surface area contributed by atoms with Crippen molar-refractivity contribution in [2.75, 3.05) is 0 Å². The van der Waals surface area contributed by atoms with Crippen molar-refractivity contribution < 1.29 is 15.0 Å². The summed E-state index contributed by atoms with van der Waals surface area (Å²) in [5.41, 5.74) is 0.530. The fourth-order valence-electron chi connectivity index (χ4n) is 1.89. The van der Waals surface area contributed by atoms with E-state index in [1.807, 2.05) is 11.4 Å². The first kappa shape index (κ1) is 14.9. The van der Waals surface area contributed by atoms with Gasteiger partial charge in [-0.05, 0) is 23.1 Å². The third-order valence-corrected chi connectivity index (χ3v) is 3.86. The van der Waals surface area contributed by atoms with Gasteiger partial charge in [0, 0.05) is 18.9 Å². The van der Waals surface area contributed by atoms with E-state index >= 15 is 0 Å². The number of amides is 1. The number of carbonyl (C=O) groups excluding carboxylic acids is 1. The largest absolute Gasteiger partial charge is 0.501 e. The Hall–Kier alpha value is -3.00. The molecule has 0 saturated carbocycles. The van der Waals surface area contributed by atoms with Gasteiger partial charge in [0.05, 0.1) is 4.88 Å². The van der Waals surface area contributed by atoms with Crippen LogP contribution < -0.4 is 5.32 Å². The van der Waals surface area contributed by atoms with Crippen LogP contribution in [0.15, 0.2) is 42.0 Å². The predicted molar refractivity (Wildman–Crippen MR) is 84.1 cm³/mol. The number of aromatic nitrogens is 3. The molecule has 3 rings (SSSR count). The molecule has 23 heavy (non-hydrogen) atoms. The number of thiophene rings is 1. The average molecular weight is 328 g/mol. The lowest BCUT2D eigenvalue weighted by molar-refractivity contribution is 0.0942. The lowest BCUT2D eigenvalue weighted by atomic mass is 10.2. The molecule has 0 aromatic carbocycles. The number of carbonyl (C=O) groups is 1. The molecule has 7 nitrogen and oxygen atoms in total. The standard InChI is InChI=1S/C15H12N4O3S/c20-12-11(14(21)17-8-9-3-1-5-16-7-9)18-13(19-15(12)22)10-4-2-6-23-10/h1-7,20H,8H2,(H,17,21)(H,18,19,22). The topological polar surface area (TPSA) is 108 Å². The zero-order chi connectivity index (χ0) is 16.2. The predicted octanol–water partition coefficient (Wildman–Crippen LogP) is 1.94. The van der Waals surface area contributed by atoms with E-state index < -0.39 is 17.5 Å². The summed E-state index contributed by atoms with van der Waals surface area (Å²) in [5, 5.41) is 24.0. The first-order chi connectivity index (χ1) is 11.1. The third kappa shape index (κ3) is 3.27. The van der Waals surface area contributed by atoms with Gasteiger partial charge in [0.2, 0.25) is 5.75 Å². The van der Waals surface area contributed by atoms with Crippen molar-refractivity contribution in [3.63, 3.8) is 0 Å². The second-order valence-electron chi connectivity index (χ2n) is 4.59. The van der Waals surface area contributed by atoms with Crippen LogP contribution in [0.1, 0.15) is 16.1 Å². The summed E-state index contributed by atoms with van der Waals surface area (Å²) < 4.78 is 0. The first-order valence-electron chi connectivity index (χ1n) is 6.66. The lowest BCUT2D eigenvalue weighted by Gasteiger charge is -2.08. The van der Waals surface area contributed by atoms with Crippen LogP contribution in [0.4, 0.5) is 0 Å². The molecule has 0 aliphatic carbocycles. The molecule has 3 aromatic rings. The monoisotopic (exact) mass is 328 g/mol. The molecule has 0 bridgehead atoms. The number of nitrogens with zero attached hydrogens (tertiary/aromatic N) is 3. The lowest BCUT2D eigenvalue weighted by Crippen LogP contribution is -2.24. The average Bonchev–Trinajstić information content (AvgIpc) is 3.10. The summed E-state index contributed by atoms with van der Waals surface area (Å²) in [6.45, 7) is 0.227. The number of hydrogen-bond acceptors (Lipinski definition) is 7. The Bertz CT molecular complexity index is 822. The highest BCUT2D eigenvalue weighted by molar-refractivity contribution is 7.13. The molecule has 1 amide bonds. The molecule has 116 valence electrons. The van der Waals surface area contributed by atoms with Crippen molar-refractivity contribution in [1.29, 1.82) is 0 Å². The molecular formula is C15H12N4O3S. The van der Waals surface area contributed by atoms with Gasteiger partial charge in [-0.15, -0.1) is 11.3 Å². The minimum absolute atomic E-state index is 0.182. The number of pyridine rings is 1. The Balaban J connectivity index is 1.85. The van der Waals surface area contributed by atoms with Gasteiger partial charge < -0.3 is 15.5 Å². The first-order valence-corrected chi connectivity index (χ1v) is 7.54. The van der Waals surface area contributed by atoms with Gasteiger partial charge in [-0.25, -0.2) is 4.98 Å². The molecule has 3 aromatic heterocycles. The molecule has 8 heteroatoms. The van der Waals surface area contributed by atoms with Crippen molar-refractivity contribution in [2.45, 2.75) is 6.54 Å². The Morgan fingerprint density at radius 3 is 2.78 bits per heavy atom. The molecule has 3 N–H and O–H groups in total. The van der Waals surface area contributed by atoms with Gasteiger partial charge in [0.25, 0.3) is 11.8 Å². The van der Waals surface area contributed by atoms with Crippen LogP contribution in [-0.4, -0.2) is 31.1 Å². The summed E-state index contributed by atoms with van der Waals surface area (Å²) in [6, 6.07) is 7.12. The van der Waals surface area contributed by atoms with Crippen LogP contribution in [0.25, 0.3) is 10.7 Å². The van der Waals surface area contributed by atoms with Gasteiger partial charge >= 0.3 is 0 Å². The number of aromatic hydroxyl groups is 2. The summed E-state index contributed by atoms with van der Waals surface area (Å²) >= 11 is 1.36. The van der Waals surface area contributed by atoms with Gasteiger partial charge in [-0.2, -0.15) is 4.98 Å². The van der Waals surface area contributed by atoms with E-state index in [0.29, 0.717) is 4.88 Å². The van der Waals surface area contributed by atoms with E-state index in [0.717, 1.165) is 5.56 Å². The summed E-state index contributed by atoms with van der Waals surface area (Å²) in [5.74, 6) is -1.70. The maximum atomic E-state index is 12.2. The Morgan fingerprint density at radius 1 is 1.22 bits per heavy atom. The van der Waals surface area contributed by atoms with Gasteiger partial charge in [-0.1, -0.05) is 12.1 Å². The summed E-state index contributed by atoms with van der Waals surface area (Å²) in [7, 11) is 0. The Kier molecular flexibility index (Phi) is 4.15. The van der Waals surface area contributed by atoms with Crippen molar-refractivity contribution >= 4 is 17.2 Å². The fraction of sp³-hybridized carbons (Fsp3) is 0.0667. The molecule has 0 saturated heterocycles. The van der Waals surface area contributed by atoms with Gasteiger partial charge in [0.15, 0.2) is 11.5 Å². The van der Waals surface area contributed by atoms with E-state index in [1.165, 1.54) is 11.3 Å².